The molecular weight excluding hydrogens is 482 g/mol. The summed E-state index contributed by atoms with van der Waals surface area (Å²) < 4.78 is 21.4. The number of carbonyl (C=O) groups is 2. The number of nitrogens with one attached hydrogen (secondary N) is 1. The maximum Gasteiger partial charge on any atom is 0.226 e. The number of aldehydes is 1. The largest absolute Gasteiger partial charge is 0.486 e. The van der Waals surface area contributed by atoms with Crippen LogP contribution in [0.2, 0.25) is 0 Å². The first kappa shape index (κ1) is 23.4. The summed E-state index contributed by atoms with van der Waals surface area (Å²) in [6.45, 7) is 4.37. The molecule has 2 aromatic carbocycles. The zero-order valence-corrected chi connectivity index (χ0v) is 21.1. The summed E-state index contributed by atoms with van der Waals surface area (Å²) in [5, 5.41) is 5.63. The number of rotatable bonds is 9. The molecule has 4 aromatic rings. The Morgan fingerprint density at radius 3 is 2.69 bits per heavy atom. The molecule has 7 nitrogen and oxygen atoms in total. The molecule has 0 spiro atoms. The third-order valence-electron chi connectivity index (χ3n) is 6.31. The third kappa shape index (κ3) is 4.78. The first-order chi connectivity index (χ1) is 16.9. The zero-order chi connectivity index (χ0) is 24.6. The predicted octanol–water partition coefficient (Wildman–Crippen LogP) is 4.78. The van der Waals surface area contributed by atoms with E-state index in [1.54, 1.807) is 21.6 Å². The van der Waals surface area contributed by atoms with E-state index >= 15 is 0 Å². The van der Waals surface area contributed by atoms with Gasteiger partial charge in [-0.15, -0.1) is 11.3 Å². The topological polar surface area (TPSA) is 90.3 Å². The first-order valence-electron chi connectivity index (χ1n) is 11.3. The average molecular weight is 508 g/mol. The molecule has 35 heavy (non-hydrogen) atoms. The molecule has 1 aliphatic carbocycles. The van der Waals surface area contributed by atoms with Crippen LogP contribution in [0, 0.1) is 12.3 Å². The van der Waals surface area contributed by atoms with Crippen molar-refractivity contribution in [3.8, 4) is 5.75 Å². The fraction of sp³-hybridized carbons (Fsp3) is 0.269. The van der Waals surface area contributed by atoms with Gasteiger partial charge in [-0.2, -0.15) is 0 Å². The minimum absolute atomic E-state index is 0.00344. The maximum absolute atomic E-state index is 13.8. The number of carbonyl (C=O) groups excluding carboxylic acids is 2. The summed E-state index contributed by atoms with van der Waals surface area (Å²) in [5.41, 5.74) is 4.99. The SMILES string of the molecule is Cc1ccc(S(=O)n2c(CNC(=O)C3(C)CC3)cc3cc(C=O)c(OCc4cscn4)cc32)cc1. The number of amides is 1. The molecule has 2 aromatic heterocycles. The van der Waals surface area contributed by atoms with Crippen LogP contribution in [0.4, 0.5) is 0 Å². The summed E-state index contributed by atoms with van der Waals surface area (Å²) in [7, 11) is -1.57. The van der Waals surface area contributed by atoms with Crippen LogP contribution in [0.25, 0.3) is 10.9 Å². The standard InChI is InChI=1S/C26H25N3O4S2/c1-17-3-5-22(6-4-17)35(32)29-21(12-27-25(31)26(2)7-8-26)10-18-9-19(13-30)24(11-23(18)29)33-14-20-15-34-16-28-20/h3-6,9-11,13,15-16H,7-8,12,14H2,1-2H3,(H,27,31). The smallest absolute Gasteiger partial charge is 0.226 e. The number of fused-ring (bicyclic) bond motifs is 1. The van der Waals surface area contributed by atoms with Crippen molar-refractivity contribution in [1.29, 1.82) is 0 Å². The molecule has 1 aliphatic rings. The number of hydrogen-bond donors (Lipinski definition) is 1. The number of thiazole rings is 1. The van der Waals surface area contributed by atoms with E-state index in [0.29, 0.717) is 27.4 Å². The summed E-state index contributed by atoms with van der Waals surface area (Å²) in [5.74, 6) is 0.387. The third-order valence-corrected chi connectivity index (χ3v) is 8.39. The van der Waals surface area contributed by atoms with Gasteiger partial charge in [-0.25, -0.2) is 9.19 Å². The van der Waals surface area contributed by atoms with Gasteiger partial charge < -0.3 is 10.1 Å². The molecule has 0 radical (unpaired) electrons. The minimum atomic E-state index is -1.57. The van der Waals surface area contributed by atoms with Crippen LogP contribution in [-0.4, -0.2) is 25.4 Å². The van der Waals surface area contributed by atoms with Gasteiger partial charge in [0.15, 0.2) is 17.3 Å². The van der Waals surface area contributed by atoms with Gasteiger partial charge in [0.2, 0.25) is 5.91 Å². The van der Waals surface area contributed by atoms with E-state index in [0.717, 1.165) is 35.8 Å². The van der Waals surface area contributed by atoms with Crippen LogP contribution in [-0.2, 0) is 28.9 Å². The Bertz CT molecular complexity index is 1420. The second kappa shape index (κ2) is 9.39. The number of hydrogen-bond acceptors (Lipinski definition) is 6. The van der Waals surface area contributed by atoms with E-state index in [1.807, 2.05) is 49.6 Å². The average Bonchev–Trinajstić information content (AvgIpc) is 3.26. The Labute approximate surface area is 209 Å². The van der Waals surface area contributed by atoms with Crippen molar-refractivity contribution in [3.63, 3.8) is 0 Å². The Morgan fingerprint density at radius 1 is 1.26 bits per heavy atom. The lowest BCUT2D eigenvalue weighted by Crippen LogP contribution is -2.30. The van der Waals surface area contributed by atoms with E-state index in [2.05, 4.69) is 10.3 Å². The maximum atomic E-state index is 13.8. The van der Waals surface area contributed by atoms with Crippen molar-refractivity contribution < 1.29 is 18.5 Å². The van der Waals surface area contributed by atoms with Gasteiger partial charge in [-0.1, -0.05) is 24.6 Å². The number of ether oxygens (including phenoxy) is 1. The van der Waals surface area contributed by atoms with Gasteiger partial charge in [0, 0.05) is 22.2 Å². The molecule has 180 valence electrons. The van der Waals surface area contributed by atoms with Crippen LogP contribution < -0.4 is 10.1 Å². The monoisotopic (exact) mass is 507 g/mol. The lowest BCUT2D eigenvalue weighted by atomic mass is 10.1. The minimum Gasteiger partial charge on any atom is -0.486 e. The molecule has 1 atom stereocenters. The highest BCUT2D eigenvalue weighted by Gasteiger charge is 2.44. The molecule has 1 fully saturated rings. The molecule has 2 heterocycles. The molecule has 9 heteroatoms. The second-order valence-corrected chi connectivity index (χ2v) is 11.1. The quantitative estimate of drug-likeness (QED) is 0.329. The van der Waals surface area contributed by atoms with Crippen molar-refractivity contribution >= 4 is 45.4 Å². The zero-order valence-electron chi connectivity index (χ0n) is 19.4. The van der Waals surface area contributed by atoms with E-state index < -0.39 is 11.0 Å². The predicted molar refractivity (Wildman–Crippen MR) is 136 cm³/mol. The van der Waals surface area contributed by atoms with Crippen LogP contribution in [0.5, 0.6) is 5.75 Å². The molecule has 0 bridgehead atoms. The highest BCUT2D eigenvalue weighted by atomic mass is 32.2. The van der Waals surface area contributed by atoms with E-state index in [9.17, 15) is 13.8 Å². The van der Waals surface area contributed by atoms with Crippen LogP contribution in [0.3, 0.4) is 0 Å². The lowest BCUT2D eigenvalue weighted by Gasteiger charge is -2.14. The molecule has 0 saturated heterocycles. The van der Waals surface area contributed by atoms with Crippen LogP contribution in [0.15, 0.2) is 58.3 Å². The van der Waals surface area contributed by atoms with Crippen molar-refractivity contribution in [2.75, 3.05) is 0 Å². The molecular formula is C26H25N3O4S2. The molecule has 5 rings (SSSR count). The number of benzene rings is 2. The Kier molecular flexibility index (Phi) is 6.29. The molecule has 1 N–H and O–H groups in total. The van der Waals surface area contributed by atoms with Crippen molar-refractivity contribution in [2.24, 2.45) is 5.41 Å². The van der Waals surface area contributed by atoms with Crippen LogP contribution in [0.1, 0.15) is 47.1 Å². The van der Waals surface area contributed by atoms with Gasteiger partial charge in [0.05, 0.1) is 39.4 Å². The van der Waals surface area contributed by atoms with Gasteiger partial charge in [0.25, 0.3) is 0 Å². The highest BCUT2D eigenvalue weighted by Crippen LogP contribution is 2.45. The normalized spacial score (nSPS) is 15.0. The lowest BCUT2D eigenvalue weighted by molar-refractivity contribution is -0.125. The summed E-state index contributed by atoms with van der Waals surface area (Å²) in [4.78, 5) is 29.3. The van der Waals surface area contributed by atoms with Crippen molar-refractivity contribution in [3.05, 3.63) is 75.9 Å². The van der Waals surface area contributed by atoms with Gasteiger partial charge in [-0.05, 0) is 44.0 Å². The van der Waals surface area contributed by atoms with Gasteiger partial charge in [0.1, 0.15) is 12.4 Å². The number of aromatic nitrogens is 2. The summed E-state index contributed by atoms with van der Waals surface area (Å²) >= 11 is 1.47. The molecule has 0 aliphatic heterocycles. The fourth-order valence-corrected chi connectivity index (χ4v) is 5.63. The molecule has 1 amide bonds. The van der Waals surface area contributed by atoms with E-state index in [-0.39, 0.29) is 24.5 Å². The highest BCUT2D eigenvalue weighted by molar-refractivity contribution is 7.83. The van der Waals surface area contributed by atoms with Crippen molar-refractivity contribution in [1.82, 2.24) is 14.3 Å². The summed E-state index contributed by atoms with van der Waals surface area (Å²) in [6, 6.07) is 12.9. The fourth-order valence-electron chi connectivity index (χ4n) is 3.84. The molecule has 1 unspecified atom stereocenters. The first-order valence-corrected chi connectivity index (χ1v) is 13.3. The second-order valence-electron chi connectivity index (χ2n) is 9.07. The van der Waals surface area contributed by atoms with E-state index in [1.165, 1.54) is 11.3 Å². The number of aryl methyl sites for hydroxylation is 1. The summed E-state index contributed by atoms with van der Waals surface area (Å²) in [6.07, 6.45) is 2.50. The Morgan fingerprint density at radius 2 is 2.03 bits per heavy atom. The Balaban J connectivity index is 1.56. The Hall–Kier alpha value is -3.30. The number of nitrogens with zero attached hydrogens (tertiary/aromatic N) is 2. The van der Waals surface area contributed by atoms with Crippen LogP contribution >= 0.6 is 11.3 Å². The van der Waals surface area contributed by atoms with E-state index in [4.69, 9.17) is 4.74 Å². The van der Waals surface area contributed by atoms with Crippen molar-refractivity contribution in [2.45, 2.75) is 44.7 Å². The molecule has 1 saturated carbocycles. The van der Waals surface area contributed by atoms with Gasteiger partial charge >= 0.3 is 0 Å². The van der Waals surface area contributed by atoms with Gasteiger partial charge in [-0.3, -0.25) is 13.6 Å².